The highest BCUT2D eigenvalue weighted by Gasteiger charge is 2.27. The first-order valence-electron chi connectivity index (χ1n) is 7.11. The summed E-state index contributed by atoms with van der Waals surface area (Å²) in [4.78, 5) is 0. The summed E-state index contributed by atoms with van der Waals surface area (Å²) in [7, 11) is 0. The van der Waals surface area contributed by atoms with E-state index in [9.17, 15) is 13.2 Å². The Bertz CT molecular complexity index is 463. The zero-order valence-electron chi connectivity index (χ0n) is 11.8. The second kappa shape index (κ2) is 7.13. The van der Waals surface area contributed by atoms with E-state index in [1.807, 2.05) is 18.2 Å². The molecule has 0 radical (unpaired) electrons. The SMILES string of the molecule is N[C@@H]1CCCc2ccc(OCCCOCC(F)(F)F)cc21. The molecule has 0 aliphatic heterocycles. The molecule has 0 amide bonds. The molecule has 2 rings (SSSR count). The van der Waals surface area contributed by atoms with Gasteiger partial charge in [-0.15, -0.1) is 0 Å². The number of alkyl halides is 3. The van der Waals surface area contributed by atoms with Gasteiger partial charge in [0.15, 0.2) is 0 Å². The number of nitrogens with two attached hydrogens (primary N) is 1. The predicted octanol–water partition coefficient (Wildman–Crippen LogP) is 3.37. The van der Waals surface area contributed by atoms with Crippen LogP contribution in [0.25, 0.3) is 0 Å². The van der Waals surface area contributed by atoms with Gasteiger partial charge in [0.1, 0.15) is 12.4 Å². The van der Waals surface area contributed by atoms with Crippen molar-refractivity contribution in [2.24, 2.45) is 5.73 Å². The van der Waals surface area contributed by atoms with Gasteiger partial charge >= 0.3 is 6.18 Å². The largest absolute Gasteiger partial charge is 0.493 e. The fourth-order valence-electron chi connectivity index (χ4n) is 2.44. The van der Waals surface area contributed by atoms with E-state index in [4.69, 9.17) is 10.5 Å². The molecule has 118 valence electrons. The lowest BCUT2D eigenvalue weighted by molar-refractivity contribution is -0.174. The molecule has 0 heterocycles. The van der Waals surface area contributed by atoms with Crippen molar-refractivity contribution in [2.75, 3.05) is 19.8 Å². The van der Waals surface area contributed by atoms with Crippen LogP contribution in [0.5, 0.6) is 5.75 Å². The molecule has 1 atom stereocenters. The minimum Gasteiger partial charge on any atom is -0.493 e. The molecule has 0 bridgehead atoms. The molecular weight excluding hydrogens is 283 g/mol. The summed E-state index contributed by atoms with van der Waals surface area (Å²) in [5.74, 6) is 0.710. The van der Waals surface area contributed by atoms with Gasteiger partial charge in [0, 0.05) is 12.5 Å². The van der Waals surface area contributed by atoms with Crippen LogP contribution < -0.4 is 10.5 Å². The molecule has 0 aromatic heterocycles. The van der Waals surface area contributed by atoms with Gasteiger partial charge in [-0.2, -0.15) is 13.2 Å². The first-order chi connectivity index (χ1) is 9.96. The third-order valence-corrected chi connectivity index (χ3v) is 3.45. The Balaban J connectivity index is 1.73. The maximum Gasteiger partial charge on any atom is 0.411 e. The summed E-state index contributed by atoms with van der Waals surface area (Å²) in [5, 5.41) is 0. The van der Waals surface area contributed by atoms with Gasteiger partial charge in [0.05, 0.1) is 13.2 Å². The number of ether oxygens (including phenoxy) is 2. The Kier molecular flexibility index (Phi) is 5.47. The summed E-state index contributed by atoms with van der Waals surface area (Å²) in [5.41, 5.74) is 8.44. The molecule has 1 aliphatic rings. The van der Waals surface area contributed by atoms with Crippen LogP contribution in [-0.2, 0) is 11.2 Å². The third-order valence-electron chi connectivity index (χ3n) is 3.45. The van der Waals surface area contributed by atoms with Crippen molar-refractivity contribution in [3.8, 4) is 5.75 Å². The second-order valence-corrected chi connectivity index (χ2v) is 5.23. The van der Waals surface area contributed by atoms with E-state index in [0.717, 1.165) is 24.8 Å². The van der Waals surface area contributed by atoms with Gasteiger partial charge in [0.25, 0.3) is 0 Å². The molecule has 0 unspecified atom stereocenters. The Morgan fingerprint density at radius 1 is 1.24 bits per heavy atom. The van der Waals surface area contributed by atoms with Crippen molar-refractivity contribution in [3.05, 3.63) is 29.3 Å². The Morgan fingerprint density at radius 2 is 2.05 bits per heavy atom. The molecule has 0 fully saturated rings. The first-order valence-corrected chi connectivity index (χ1v) is 7.11. The minimum absolute atomic E-state index is 0.0317. The zero-order valence-corrected chi connectivity index (χ0v) is 11.8. The molecule has 1 aliphatic carbocycles. The summed E-state index contributed by atoms with van der Waals surface area (Å²) < 4.78 is 45.6. The first kappa shape index (κ1) is 16.1. The normalized spacial score (nSPS) is 18.4. The quantitative estimate of drug-likeness (QED) is 0.820. The summed E-state index contributed by atoms with van der Waals surface area (Å²) >= 11 is 0. The van der Waals surface area contributed by atoms with Gasteiger partial charge in [-0.1, -0.05) is 6.07 Å². The molecule has 2 N–H and O–H groups in total. The molecule has 21 heavy (non-hydrogen) atoms. The van der Waals surface area contributed by atoms with Crippen molar-refractivity contribution < 1.29 is 22.6 Å². The Hall–Kier alpha value is -1.27. The van der Waals surface area contributed by atoms with Crippen LogP contribution in [0.3, 0.4) is 0 Å². The predicted molar refractivity (Wildman–Crippen MR) is 73.3 cm³/mol. The number of halogens is 3. The fourth-order valence-corrected chi connectivity index (χ4v) is 2.44. The molecule has 1 aromatic carbocycles. The molecule has 0 saturated carbocycles. The summed E-state index contributed by atoms with van der Waals surface area (Å²) in [6.07, 6.45) is -0.740. The van der Waals surface area contributed by atoms with E-state index in [2.05, 4.69) is 4.74 Å². The lowest BCUT2D eigenvalue weighted by Crippen LogP contribution is -2.18. The standard InChI is InChI=1S/C15H20F3NO2/c16-15(17,18)10-20-7-2-8-21-12-6-5-11-3-1-4-14(19)13(11)9-12/h5-6,9,14H,1-4,7-8,10,19H2/t14-/m1/s1. The van der Waals surface area contributed by atoms with E-state index in [1.54, 1.807) is 0 Å². The van der Waals surface area contributed by atoms with Crippen molar-refractivity contribution in [3.63, 3.8) is 0 Å². The lowest BCUT2D eigenvalue weighted by atomic mass is 9.88. The molecule has 3 nitrogen and oxygen atoms in total. The van der Waals surface area contributed by atoms with Crippen LogP contribution in [-0.4, -0.2) is 26.0 Å². The number of fused-ring (bicyclic) bond motifs is 1. The average molecular weight is 303 g/mol. The van der Waals surface area contributed by atoms with Crippen LogP contribution >= 0.6 is 0 Å². The van der Waals surface area contributed by atoms with Gasteiger partial charge < -0.3 is 15.2 Å². The Morgan fingerprint density at radius 3 is 2.81 bits per heavy atom. The van der Waals surface area contributed by atoms with Crippen molar-refractivity contribution in [2.45, 2.75) is 37.9 Å². The topological polar surface area (TPSA) is 44.5 Å². The number of hydrogen-bond acceptors (Lipinski definition) is 3. The second-order valence-electron chi connectivity index (χ2n) is 5.23. The van der Waals surface area contributed by atoms with Crippen LogP contribution in [0.15, 0.2) is 18.2 Å². The summed E-state index contributed by atoms with van der Waals surface area (Å²) in [6, 6.07) is 5.89. The van der Waals surface area contributed by atoms with Gasteiger partial charge in [-0.25, -0.2) is 0 Å². The maximum atomic E-state index is 11.9. The fraction of sp³-hybridized carbons (Fsp3) is 0.600. The number of benzene rings is 1. The monoisotopic (exact) mass is 303 g/mol. The van der Waals surface area contributed by atoms with E-state index >= 15 is 0 Å². The lowest BCUT2D eigenvalue weighted by Gasteiger charge is -2.22. The maximum absolute atomic E-state index is 11.9. The minimum atomic E-state index is -4.27. The summed E-state index contributed by atoms with van der Waals surface area (Å²) in [6.45, 7) is -0.851. The number of aryl methyl sites for hydroxylation is 1. The van der Waals surface area contributed by atoms with E-state index < -0.39 is 12.8 Å². The molecule has 0 spiro atoms. The van der Waals surface area contributed by atoms with Crippen LogP contribution in [0.4, 0.5) is 13.2 Å². The highest BCUT2D eigenvalue weighted by Crippen LogP contribution is 2.30. The van der Waals surface area contributed by atoms with Crippen molar-refractivity contribution in [1.82, 2.24) is 0 Å². The number of hydrogen-bond donors (Lipinski definition) is 1. The highest BCUT2D eigenvalue weighted by atomic mass is 19.4. The van der Waals surface area contributed by atoms with Gasteiger partial charge in [0.2, 0.25) is 0 Å². The molecule has 1 aromatic rings. The van der Waals surface area contributed by atoms with Crippen molar-refractivity contribution in [1.29, 1.82) is 0 Å². The van der Waals surface area contributed by atoms with Gasteiger partial charge in [-0.05, 0) is 42.5 Å². The van der Waals surface area contributed by atoms with Crippen molar-refractivity contribution >= 4 is 0 Å². The van der Waals surface area contributed by atoms with Crippen LogP contribution in [0.1, 0.15) is 36.4 Å². The van der Waals surface area contributed by atoms with E-state index in [0.29, 0.717) is 18.8 Å². The number of rotatable bonds is 6. The van der Waals surface area contributed by atoms with Crippen LogP contribution in [0.2, 0.25) is 0 Å². The van der Waals surface area contributed by atoms with Crippen LogP contribution in [0, 0.1) is 0 Å². The smallest absolute Gasteiger partial charge is 0.411 e. The molecule has 6 heteroatoms. The molecular formula is C15H20F3NO2. The van der Waals surface area contributed by atoms with Gasteiger partial charge in [-0.3, -0.25) is 0 Å². The average Bonchev–Trinajstić information content (AvgIpc) is 2.42. The zero-order chi connectivity index (χ0) is 15.3. The Labute approximate surface area is 122 Å². The third kappa shape index (κ3) is 5.21. The van der Waals surface area contributed by atoms with E-state index in [1.165, 1.54) is 5.56 Å². The highest BCUT2D eigenvalue weighted by molar-refractivity contribution is 5.39. The molecule has 0 saturated heterocycles. The van der Waals surface area contributed by atoms with E-state index in [-0.39, 0.29) is 12.6 Å².